The molecule has 0 aliphatic rings. The molecule has 0 saturated heterocycles. The van der Waals surface area contributed by atoms with Crippen LogP contribution in [0, 0.1) is 0 Å². The second-order valence-electron chi connectivity index (χ2n) is 3.89. The van der Waals surface area contributed by atoms with Gasteiger partial charge >= 0.3 is 5.97 Å². The molecular weight excluding hydrogens is 218 g/mol. The maximum absolute atomic E-state index is 11.4. The van der Waals surface area contributed by atoms with Crippen LogP contribution in [0.3, 0.4) is 0 Å². The Hall–Kier alpha value is -2.23. The summed E-state index contributed by atoms with van der Waals surface area (Å²) in [4.78, 5) is 11.4. The first-order valence-electron chi connectivity index (χ1n) is 5.27. The molecule has 0 saturated carbocycles. The van der Waals surface area contributed by atoms with Crippen molar-refractivity contribution in [2.75, 3.05) is 7.11 Å². The molecule has 2 heterocycles. The predicted molar refractivity (Wildman–Crippen MR) is 64.0 cm³/mol. The molecule has 86 valence electrons. The summed E-state index contributed by atoms with van der Waals surface area (Å²) in [5, 5.41) is 1.00. The minimum absolute atomic E-state index is 0.235. The molecule has 3 rings (SSSR count). The summed E-state index contributed by atoms with van der Waals surface area (Å²) in [7, 11) is 3.29. The first-order valence-corrected chi connectivity index (χ1v) is 5.27. The average Bonchev–Trinajstić information content (AvgIpc) is 2.90. The van der Waals surface area contributed by atoms with Crippen molar-refractivity contribution < 1.29 is 13.9 Å². The van der Waals surface area contributed by atoms with Gasteiger partial charge in [0.05, 0.1) is 18.1 Å². The third-order valence-corrected chi connectivity index (χ3v) is 2.97. The largest absolute Gasteiger partial charge is 0.463 e. The van der Waals surface area contributed by atoms with Crippen molar-refractivity contribution in [3.8, 4) is 0 Å². The van der Waals surface area contributed by atoms with Gasteiger partial charge in [0, 0.05) is 18.5 Å². The number of carbonyl (C=O) groups excluding carboxylic acids is 1. The fourth-order valence-electron chi connectivity index (χ4n) is 2.11. The first-order chi connectivity index (χ1) is 8.22. The Bertz CT molecular complexity index is 721. The normalized spacial score (nSPS) is 11.2. The van der Waals surface area contributed by atoms with Crippen LogP contribution in [0.1, 0.15) is 10.6 Å². The monoisotopic (exact) mass is 229 g/mol. The quantitative estimate of drug-likeness (QED) is 0.602. The van der Waals surface area contributed by atoms with Gasteiger partial charge in [0.2, 0.25) is 5.76 Å². The molecule has 0 spiro atoms. The van der Waals surface area contributed by atoms with Crippen LogP contribution < -0.4 is 0 Å². The number of benzene rings is 1. The molecule has 0 amide bonds. The van der Waals surface area contributed by atoms with Crippen molar-refractivity contribution in [1.82, 2.24) is 4.57 Å². The van der Waals surface area contributed by atoms with Crippen LogP contribution in [-0.2, 0) is 11.8 Å². The molecule has 17 heavy (non-hydrogen) atoms. The van der Waals surface area contributed by atoms with Crippen molar-refractivity contribution in [1.29, 1.82) is 0 Å². The van der Waals surface area contributed by atoms with Crippen molar-refractivity contribution in [2.45, 2.75) is 0 Å². The second kappa shape index (κ2) is 3.38. The summed E-state index contributed by atoms with van der Waals surface area (Å²) in [6.45, 7) is 0. The number of esters is 1. The van der Waals surface area contributed by atoms with E-state index in [1.165, 1.54) is 7.11 Å². The minimum atomic E-state index is -0.453. The number of fused-ring (bicyclic) bond motifs is 3. The van der Waals surface area contributed by atoms with Gasteiger partial charge in [0.25, 0.3) is 0 Å². The predicted octanol–water partition coefficient (Wildman–Crippen LogP) is 2.71. The van der Waals surface area contributed by atoms with Crippen molar-refractivity contribution >= 4 is 28.0 Å². The summed E-state index contributed by atoms with van der Waals surface area (Å²) in [5.41, 5.74) is 2.70. The number of nitrogens with zero attached hydrogens (tertiary/aromatic N) is 1. The minimum Gasteiger partial charge on any atom is -0.463 e. The Labute approximate surface area is 97.4 Å². The molecule has 1 aromatic carbocycles. The molecule has 2 aromatic heterocycles. The van der Waals surface area contributed by atoms with Crippen LogP contribution in [0.4, 0.5) is 0 Å². The number of ether oxygens (including phenoxy) is 1. The van der Waals surface area contributed by atoms with Crippen LogP contribution >= 0.6 is 0 Å². The van der Waals surface area contributed by atoms with E-state index in [-0.39, 0.29) is 5.76 Å². The molecular formula is C13H11NO3. The lowest BCUT2D eigenvalue weighted by Gasteiger charge is -1.96. The van der Waals surface area contributed by atoms with Gasteiger partial charge in [0.15, 0.2) is 5.58 Å². The van der Waals surface area contributed by atoms with E-state index in [1.807, 2.05) is 35.9 Å². The zero-order valence-electron chi connectivity index (χ0n) is 9.56. The Kier molecular flexibility index (Phi) is 1.98. The molecule has 0 aliphatic heterocycles. The van der Waals surface area contributed by atoms with Gasteiger partial charge in [0.1, 0.15) is 0 Å². The summed E-state index contributed by atoms with van der Waals surface area (Å²) >= 11 is 0. The van der Waals surface area contributed by atoms with Gasteiger partial charge in [-0.3, -0.25) is 0 Å². The van der Waals surface area contributed by atoms with E-state index in [1.54, 1.807) is 6.07 Å². The van der Waals surface area contributed by atoms with E-state index >= 15 is 0 Å². The zero-order valence-corrected chi connectivity index (χ0v) is 9.56. The number of hydrogen-bond donors (Lipinski definition) is 0. The van der Waals surface area contributed by atoms with E-state index in [2.05, 4.69) is 4.74 Å². The number of rotatable bonds is 1. The van der Waals surface area contributed by atoms with Gasteiger partial charge in [-0.2, -0.15) is 0 Å². The van der Waals surface area contributed by atoms with E-state index < -0.39 is 5.97 Å². The Balaban J connectivity index is 2.37. The topological polar surface area (TPSA) is 44.4 Å². The highest BCUT2D eigenvalue weighted by Gasteiger charge is 2.17. The number of aryl methyl sites for hydroxylation is 1. The lowest BCUT2D eigenvalue weighted by molar-refractivity contribution is 0.0568. The Morgan fingerprint density at radius 1 is 1.29 bits per heavy atom. The van der Waals surface area contributed by atoms with E-state index in [9.17, 15) is 4.79 Å². The van der Waals surface area contributed by atoms with Crippen LogP contribution in [-0.4, -0.2) is 17.6 Å². The Morgan fingerprint density at radius 3 is 2.82 bits per heavy atom. The number of carbonyl (C=O) groups is 1. The highest BCUT2D eigenvalue weighted by molar-refractivity contribution is 6.06. The molecule has 3 aromatic rings. The summed E-state index contributed by atoms with van der Waals surface area (Å²) in [6, 6.07) is 9.62. The third kappa shape index (κ3) is 1.27. The average molecular weight is 229 g/mol. The maximum Gasteiger partial charge on any atom is 0.374 e. The van der Waals surface area contributed by atoms with Crippen LogP contribution in [0.25, 0.3) is 22.0 Å². The summed E-state index contributed by atoms with van der Waals surface area (Å²) < 4.78 is 12.2. The van der Waals surface area contributed by atoms with Gasteiger partial charge in [-0.15, -0.1) is 0 Å². The molecule has 0 N–H and O–H groups in total. The van der Waals surface area contributed by atoms with Crippen LogP contribution in [0.15, 0.2) is 34.7 Å². The number of para-hydroxylation sites is 1. The maximum atomic E-state index is 11.4. The third-order valence-electron chi connectivity index (χ3n) is 2.97. The van der Waals surface area contributed by atoms with Crippen LogP contribution in [0.5, 0.6) is 0 Å². The number of aromatic nitrogens is 1. The fourth-order valence-corrected chi connectivity index (χ4v) is 2.11. The smallest absolute Gasteiger partial charge is 0.374 e. The highest BCUT2D eigenvalue weighted by Crippen LogP contribution is 2.30. The number of hydrogen-bond acceptors (Lipinski definition) is 3. The second-order valence-corrected chi connectivity index (χ2v) is 3.89. The van der Waals surface area contributed by atoms with Gasteiger partial charge in [-0.25, -0.2) is 4.79 Å². The molecule has 0 radical (unpaired) electrons. The molecule has 4 heteroatoms. The highest BCUT2D eigenvalue weighted by atomic mass is 16.5. The zero-order chi connectivity index (χ0) is 12.0. The molecule has 4 nitrogen and oxygen atoms in total. The Morgan fingerprint density at radius 2 is 2.06 bits per heavy atom. The molecule has 0 fully saturated rings. The number of furan rings is 1. The van der Waals surface area contributed by atoms with Gasteiger partial charge in [-0.05, 0) is 12.1 Å². The SMILES string of the molecule is COC(=O)c1cc2c(o1)c1ccccc1n2C. The van der Waals surface area contributed by atoms with E-state index in [0.717, 1.165) is 22.0 Å². The molecule has 0 aliphatic carbocycles. The fraction of sp³-hybridized carbons (Fsp3) is 0.154. The van der Waals surface area contributed by atoms with E-state index in [0.29, 0.717) is 0 Å². The van der Waals surface area contributed by atoms with Gasteiger partial charge in [-0.1, -0.05) is 12.1 Å². The van der Waals surface area contributed by atoms with Crippen molar-refractivity contribution in [2.24, 2.45) is 7.05 Å². The lowest BCUT2D eigenvalue weighted by Crippen LogP contribution is -1.98. The lowest BCUT2D eigenvalue weighted by atomic mass is 10.2. The summed E-state index contributed by atoms with van der Waals surface area (Å²) in [5.74, 6) is -0.218. The van der Waals surface area contributed by atoms with Gasteiger partial charge < -0.3 is 13.7 Å². The van der Waals surface area contributed by atoms with Crippen LogP contribution in [0.2, 0.25) is 0 Å². The molecule has 0 unspecified atom stereocenters. The molecule has 0 bridgehead atoms. The standard InChI is InChI=1S/C13H11NO3/c1-14-9-6-4-3-5-8(9)12-10(14)7-11(17-12)13(15)16-2/h3-7H,1-2H3. The van der Waals surface area contributed by atoms with Crippen molar-refractivity contribution in [3.63, 3.8) is 0 Å². The van der Waals surface area contributed by atoms with E-state index in [4.69, 9.17) is 4.42 Å². The number of methoxy groups -OCH3 is 1. The van der Waals surface area contributed by atoms with Crippen molar-refractivity contribution in [3.05, 3.63) is 36.1 Å². The molecule has 0 atom stereocenters. The summed E-state index contributed by atoms with van der Waals surface area (Å²) in [6.07, 6.45) is 0. The first kappa shape index (κ1) is 9.96.